The molecular formula is C9H11N5O4. The molecule has 2 rings (SSSR count). The largest absolute Gasteiger partial charge is 0.476 e. The van der Waals surface area contributed by atoms with Gasteiger partial charge in [-0.1, -0.05) is 5.21 Å². The van der Waals surface area contributed by atoms with Crippen LogP contribution in [-0.2, 0) is 11.3 Å². The molecular weight excluding hydrogens is 242 g/mol. The van der Waals surface area contributed by atoms with Gasteiger partial charge in [0.2, 0.25) is 5.91 Å². The number of carbonyl (C=O) groups excluding carboxylic acids is 2. The number of hydrogen-bond acceptors (Lipinski definition) is 5. The van der Waals surface area contributed by atoms with Gasteiger partial charge >= 0.3 is 12.0 Å². The first-order valence-electron chi connectivity index (χ1n) is 5.22. The molecule has 0 radical (unpaired) electrons. The summed E-state index contributed by atoms with van der Waals surface area (Å²) in [5.74, 6) is -1.47. The van der Waals surface area contributed by atoms with E-state index in [-0.39, 0.29) is 31.2 Å². The lowest BCUT2D eigenvalue weighted by molar-refractivity contribution is -0.125. The van der Waals surface area contributed by atoms with E-state index in [9.17, 15) is 14.4 Å². The summed E-state index contributed by atoms with van der Waals surface area (Å²) in [6, 6.07) is -0.448. The van der Waals surface area contributed by atoms with Gasteiger partial charge in [-0.25, -0.2) is 14.3 Å². The Bertz CT molecular complexity index is 507. The second-order valence-corrected chi connectivity index (χ2v) is 3.76. The Morgan fingerprint density at radius 2 is 2.17 bits per heavy atom. The van der Waals surface area contributed by atoms with Crippen molar-refractivity contribution < 1.29 is 19.5 Å². The monoisotopic (exact) mass is 253 g/mol. The molecule has 1 fully saturated rings. The number of carboxylic acids is 1. The number of amides is 3. The smallest absolute Gasteiger partial charge is 0.358 e. The Labute approximate surface area is 101 Å². The van der Waals surface area contributed by atoms with Crippen molar-refractivity contribution in [3.8, 4) is 0 Å². The van der Waals surface area contributed by atoms with Crippen LogP contribution >= 0.6 is 0 Å². The second kappa shape index (κ2) is 4.43. The highest BCUT2D eigenvalue weighted by molar-refractivity contribution is 6.01. The Morgan fingerprint density at radius 1 is 1.44 bits per heavy atom. The van der Waals surface area contributed by atoms with Crippen LogP contribution in [0.15, 0.2) is 0 Å². The molecule has 18 heavy (non-hydrogen) atoms. The zero-order valence-electron chi connectivity index (χ0n) is 9.58. The number of rotatable bonds is 4. The maximum absolute atomic E-state index is 11.3. The summed E-state index contributed by atoms with van der Waals surface area (Å²) >= 11 is 0. The quantitative estimate of drug-likeness (QED) is 0.653. The van der Waals surface area contributed by atoms with Crippen molar-refractivity contribution in [2.24, 2.45) is 0 Å². The minimum absolute atomic E-state index is 0.00442. The molecule has 1 aromatic rings. The Morgan fingerprint density at radius 3 is 2.67 bits per heavy atom. The lowest BCUT2D eigenvalue weighted by Crippen LogP contribution is -2.34. The van der Waals surface area contributed by atoms with Crippen molar-refractivity contribution >= 4 is 17.9 Å². The van der Waals surface area contributed by atoms with Crippen LogP contribution in [0.4, 0.5) is 4.79 Å². The van der Waals surface area contributed by atoms with Crippen molar-refractivity contribution in [2.75, 3.05) is 13.1 Å². The number of carboxylic acid groups (broad SMARTS) is 1. The van der Waals surface area contributed by atoms with Crippen LogP contribution in [0.3, 0.4) is 0 Å². The number of nitrogens with zero attached hydrogens (tertiary/aromatic N) is 4. The van der Waals surface area contributed by atoms with Gasteiger partial charge in [-0.05, 0) is 6.92 Å². The van der Waals surface area contributed by atoms with E-state index in [1.54, 1.807) is 6.92 Å². The zero-order valence-corrected chi connectivity index (χ0v) is 9.58. The predicted molar refractivity (Wildman–Crippen MR) is 56.8 cm³/mol. The minimum Gasteiger partial charge on any atom is -0.476 e. The summed E-state index contributed by atoms with van der Waals surface area (Å²) in [5.41, 5.74) is 0.252. The number of aromatic carboxylic acids is 1. The summed E-state index contributed by atoms with van der Waals surface area (Å²) in [6.07, 6.45) is 0. The molecule has 1 saturated heterocycles. The highest BCUT2D eigenvalue weighted by Crippen LogP contribution is 2.05. The second-order valence-electron chi connectivity index (χ2n) is 3.76. The minimum atomic E-state index is -1.16. The number of aromatic nitrogens is 3. The Kier molecular flexibility index (Phi) is 2.96. The Balaban J connectivity index is 2.05. The van der Waals surface area contributed by atoms with Crippen LogP contribution in [0.25, 0.3) is 0 Å². The van der Waals surface area contributed by atoms with E-state index in [2.05, 4.69) is 15.6 Å². The number of urea groups is 1. The van der Waals surface area contributed by atoms with Gasteiger partial charge in [0.05, 0.1) is 25.3 Å². The molecule has 1 aromatic heterocycles. The molecule has 0 saturated carbocycles. The molecule has 96 valence electrons. The number of carbonyl (C=O) groups is 3. The van der Waals surface area contributed by atoms with Crippen LogP contribution < -0.4 is 5.32 Å². The van der Waals surface area contributed by atoms with Crippen LogP contribution in [0, 0.1) is 6.92 Å². The molecule has 3 amide bonds. The summed E-state index contributed by atoms with van der Waals surface area (Å²) in [4.78, 5) is 34.4. The molecule has 1 aliphatic rings. The van der Waals surface area contributed by atoms with Crippen LogP contribution in [0.5, 0.6) is 0 Å². The first kappa shape index (κ1) is 12.0. The molecule has 2 heterocycles. The predicted octanol–water partition coefficient (Wildman–Crippen LogP) is -1.16. The maximum Gasteiger partial charge on any atom is 0.358 e. The number of imide groups is 1. The lowest BCUT2D eigenvalue weighted by atomic mass is 10.3. The Hall–Kier alpha value is -2.45. The fraction of sp³-hybridized carbons (Fsp3) is 0.444. The summed E-state index contributed by atoms with van der Waals surface area (Å²) < 4.78 is 1.35. The molecule has 0 spiro atoms. The van der Waals surface area contributed by atoms with Crippen molar-refractivity contribution in [1.29, 1.82) is 0 Å². The van der Waals surface area contributed by atoms with Gasteiger partial charge in [-0.3, -0.25) is 9.69 Å². The summed E-state index contributed by atoms with van der Waals surface area (Å²) in [6.45, 7) is 1.91. The summed E-state index contributed by atoms with van der Waals surface area (Å²) in [7, 11) is 0. The molecule has 2 N–H and O–H groups in total. The van der Waals surface area contributed by atoms with E-state index in [1.807, 2.05) is 0 Å². The molecule has 0 aliphatic carbocycles. The van der Waals surface area contributed by atoms with E-state index in [1.165, 1.54) is 4.68 Å². The van der Waals surface area contributed by atoms with Crippen molar-refractivity contribution in [2.45, 2.75) is 13.5 Å². The van der Waals surface area contributed by atoms with Gasteiger partial charge in [0.15, 0.2) is 5.69 Å². The molecule has 1 aliphatic heterocycles. The average Bonchev–Trinajstić information content (AvgIpc) is 2.82. The maximum atomic E-state index is 11.3. The van der Waals surface area contributed by atoms with Crippen molar-refractivity contribution in [3.05, 3.63) is 11.4 Å². The molecule has 9 nitrogen and oxygen atoms in total. The van der Waals surface area contributed by atoms with Gasteiger partial charge in [-0.15, -0.1) is 5.10 Å². The standard InChI is InChI=1S/C9H11N5O4/c1-5-7(8(16)17)11-12-14(5)3-2-13-6(15)4-10-9(13)18/h2-4H2,1H3,(H,10,18)(H,16,17). The topological polar surface area (TPSA) is 117 Å². The van der Waals surface area contributed by atoms with Crippen LogP contribution in [-0.4, -0.2) is 56.0 Å². The first-order chi connectivity index (χ1) is 8.50. The number of hydrogen-bond donors (Lipinski definition) is 2. The van der Waals surface area contributed by atoms with E-state index >= 15 is 0 Å². The van der Waals surface area contributed by atoms with Gasteiger partial charge in [0.1, 0.15) is 0 Å². The van der Waals surface area contributed by atoms with Gasteiger partial charge < -0.3 is 10.4 Å². The van der Waals surface area contributed by atoms with Crippen LogP contribution in [0.2, 0.25) is 0 Å². The number of nitrogens with one attached hydrogen (secondary N) is 1. The third kappa shape index (κ3) is 2.01. The van der Waals surface area contributed by atoms with Gasteiger partial charge in [0, 0.05) is 0 Å². The lowest BCUT2D eigenvalue weighted by Gasteiger charge is -2.12. The van der Waals surface area contributed by atoms with Crippen molar-refractivity contribution in [1.82, 2.24) is 25.2 Å². The van der Waals surface area contributed by atoms with E-state index in [0.29, 0.717) is 5.69 Å². The van der Waals surface area contributed by atoms with E-state index in [0.717, 1.165) is 4.90 Å². The SMILES string of the molecule is Cc1c(C(=O)O)nnn1CCN1C(=O)CNC1=O. The fourth-order valence-corrected chi connectivity index (χ4v) is 1.65. The molecule has 0 bridgehead atoms. The molecule has 0 aromatic carbocycles. The van der Waals surface area contributed by atoms with Gasteiger partial charge in [0.25, 0.3) is 0 Å². The van der Waals surface area contributed by atoms with E-state index in [4.69, 9.17) is 5.11 Å². The highest BCUT2D eigenvalue weighted by atomic mass is 16.4. The van der Waals surface area contributed by atoms with E-state index < -0.39 is 12.0 Å². The zero-order chi connectivity index (χ0) is 13.3. The average molecular weight is 253 g/mol. The first-order valence-corrected chi connectivity index (χ1v) is 5.22. The van der Waals surface area contributed by atoms with Gasteiger partial charge in [-0.2, -0.15) is 0 Å². The van der Waals surface area contributed by atoms with Crippen molar-refractivity contribution in [3.63, 3.8) is 0 Å². The fourth-order valence-electron chi connectivity index (χ4n) is 1.65. The van der Waals surface area contributed by atoms with Crippen LogP contribution in [0.1, 0.15) is 16.2 Å². The summed E-state index contributed by atoms with van der Waals surface area (Å²) in [5, 5.41) is 18.4. The molecule has 0 unspecified atom stereocenters. The third-order valence-corrected chi connectivity index (χ3v) is 2.66. The normalized spacial score (nSPS) is 15.1. The molecule has 9 heteroatoms. The third-order valence-electron chi connectivity index (χ3n) is 2.66. The molecule has 0 atom stereocenters. The highest BCUT2D eigenvalue weighted by Gasteiger charge is 2.28.